The highest BCUT2D eigenvalue weighted by atomic mass is 16.5. The van der Waals surface area contributed by atoms with Crippen LogP contribution in [0.15, 0.2) is 48.5 Å². The lowest BCUT2D eigenvalue weighted by Crippen LogP contribution is -2.39. The van der Waals surface area contributed by atoms with Crippen molar-refractivity contribution in [1.29, 1.82) is 0 Å². The fourth-order valence-electron chi connectivity index (χ4n) is 5.55. The van der Waals surface area contributed by atoms with Crippen molar-refractivity contribution in [3.05, 3.63) is 54.1 Å². The molecule has 1 heterocycles. The summed E-state index contributed by atoms with van der Waals surface area (Å²) in [5, 5.41) is 0. The van der Waals surface area contributed by atoms with Crippen LogP contribution in [0.5, 0.6) is 5.75 Å². The van der Waals surface area contributed by atoms with Gasteiger partial charge in [0, 0.05) is 32.6 Å². The maximum atomic E-state index is 13.2. The predicted octanol–water partition coefficient (Wildman–Crippen LogP) is 4.01. The molecule has 5 heteroatoms. The Kier molecular flexibility index (Phi) is 5.44. The molecule has 168 valence electrons. The molecule has 2 aromatic carbocycles. The molecule has 2 atom stereocenters. The lowest BCUT2D eigenvalue weighted by molar-refractivity contribution is -0.135. The molecule has 1 aliphatic heterocycles. The van der Waals surface area contributed by atoms with Crippen molar-refractivity contribution in [2.24, 2.45) is 17.3 Å². The van der Waals surface area contributed by atoms with Crippen molar-refractivity contribution in [2.75, 3.05) is 33.8 Å². The number of ether oxygens (including phenoxy) is 1. The van der Waals surface area contributed by atoms with Crippen molar-refractivity contribution in [2.45, 2.75) is 32.1 Å². The minimum Gasteiger partial charge on any atom is -0.497 e. The third-order valence-electron chi connectivity index (χ3n) is 7.83. The zero-order chi connectivity index (χ0) is 22.3. The van der Waals surface area contributed by atoms with E-state index in [4.69, 9.17) is 4.74 Å². The van der Waals surface area contributed by atoms with E-state index >= 15 is 0 Å². The van der Waals surface area contributed by atoms with E-state index in [2.05, 4.69) is 24.3 Å². The van der Waals surface area contributed by atoms with Gasteiger partial charge in [-0.3, -0.25) is 9.59 Å². The van der Waals surface area contributed by atoms with Gasteiger partial charge in [-0.05, 0) is 59.9 Å². The summed E-state index contributed by atoms with van der Waals surface area (Å²) >= 11 is 0. The van der Waals surface area contributed by atoms with Crippen LogP contribution >= 0.6 is 0 Å². The molecule has 5 rings (SSSR count). The molecule has 32 heavy (non-hydrogen) atoms. The molecular weight excluding hydrogens is 400 g/mol. The van der Waals surface area contributed by atoms with Crippen LogP contribution in [0, 0.1) is 17.3 Å². The first-order valence-corrected chi connectivity index (χ1v) is 11.8. The van der Waals surface area contributed by atoms with Gasteiger partial charge >= 0.3 is 0 Å². The molecule has 1 saturated heterocycles. The van der Waals surface area contributed by atoms with E-state index in [9.17, 15) is 9.59 Å². The van der Waals surface area contributed by atoms with Gasteiger partial charge in [-0.2, -0.15) is 0 Å². The topological polar surface area (TPSA) is 49.9 Å². The molecule has 1 spiro atoms. The zero-order valence-electron chi connectivity index (χ0n) is 19.0. The second kappa shape index (κ2) is 8.27. The molecular formula is C27H32N2O3. The van der Waals surface area contributed by atoms with E-state index in [-0.39, 0.29) is 23.7 Å². The van der Waals surface area contributed by atoms with Crippen LogP contribution in [0.3, 0.4) is 0 Å². The van der Waals surface area contributed by atoms with Gasteiger partial charge in [0.15, 0.2) is 0 Å². The van der Waals surface area contributed by atoms with Gasteiger partial charge in [-0.15, -0.1) is 0 Å². The monoisotopic (exact) mass is 432 g/mol. The van der Waals surface area contributed by atoms with Crippen LogP contribution < -0.4 is 4.74 Å². The van der Waals surface area contributed by atoms with Gasteiger partial charge in [0.05, 0.1) is 13.0 Å². The largest absolute Gasteiger partial charge is 0.497 e. The van der Waals surface area contributed by atoms with E-state index in [0.29, 0.717) is 31.5 Å². The van der Waals surface area contributed by atoms with Crippen molar-refractivity contribution >= 4 is 11.8 Å². The van der Waals surface area contributed by atoms with Crippen molar-refractivity contribution < 1.29 is 14.3 Å². The van der Waals surface area contributed by atoms with Gasteiger partial charge in [0.1, 0.15) is 5.75 Å². The number of amides is 2. The first-order valence-electron chi connectivity index (χ1n) is 11.8. The molecule has 3 fully saturated rings. The Balaban J connectivity index is 1.33. The minimum absolute atomic E-state index is 0.140. The summed E-state index contributed by atoms with van der Waals surface area (Å²) in [6.45, 7) is 1.79. The number of carbonyl (C=O) groups excluding carboxylic acids is 2. The fourth-order valence-corrected chi connectivity index (χ4v) is 5.55. The molecule has 0 aromatic heterocycles. The second-order valence-corrected chi connectivity index (χ2v) is 9.85. The molecule has 0 bridgehead atoms. The number of methoxy groups -OCH3 is 1. The standard InChI is InChI=1S/C27H32N2O3/c1-28-12-13-29(26(31)24-17-27(24)10-5-11-27)18-22(25(28)30)15-19-6-3-7-20(14-19)21-8-4-9-23(16-21)32-2/h3-4,6-9,14,16,22,24H,5,10-13,15,17-18H2,1-2H3. The van der Waals surface area contributed by atoms with Gasteiger partial charge in [0.25, 0.3) is 0 Å². The number of hydrogen-bond acceptors (Lipinski definition) is 3. The summed E-state index contributed by atoms with van der Waals surface area (Å²) in [5.74, 6) is 1.24. The normalized spacial score (nSPS) is 24.1. The zero-order valence-corrected chi connectivity index (χ0v) is 19.0. The first kappa shape index (κ1) is 21.0. The van der Waals surface area contributed by atoms with Crippen molar-refractivity contribution in [1.82, 2.24) is 9.80 Å². The Labute approximate surface area is 190 Å². The van der Waals surface area contributed by atoms with Crippen LogP contribution in [0.2, 0.25) is 0 Å². The number of carbonyl (C=O) groups is 2. The van der Waals surface area contributed by atoms with Gasteiger partial charge in [-0.25, -0.2) is 0 Å². The predicted molar refractivity (Wildman–Crippen MR) is 124 cm³/mol. The third kappa shape index (κ3) is 3.89. The summed E-state index contributed by atoms with van der Waals surface area (Å²) in [6, 6.07) is 16.4. The van der Waals surface area contributed by atoms with Crippen LogP contribution in [0.4, 0.5) is 0 Å². The average molecular weight is 433 g/mol. The Morgan fingerprint density at radius 3 is 2.53 bits per heavy atom. The summed E-state index contributed by atoms with van der Waals surface area (Å²) in [6.07, 6.45) is 5.37. The highest BCUT2D eigenvalue weighted by Gasteiger charge is 2.61. The molecule has 0 N–H and O–H groups in total. The van der Waals surface area contributed by atoms with E-state index in [1.807, 2.05) is 36.2 Å². The average Bonchev–Trinajstić information content (AvgIpc) is 3.58. The van der Waals surface area contributed by atoms with E-state index < -0.39 is 0 Å². The van der Waals surface area contributed by atoms with Gasteiger partial charge < -0.3 is 14.5 Å². The minimum atomic E-state index is -0.205. The lowest BCUT2D eigenvalue weighted by Gasteiger charge is -2.29. The summed E-state index contributed by atoms with van der Waals surface area (Å²) in [5.41, 5.74) is 3.63. The molecule has 2 aromatic rings. The Bertz CT molecular complexity index is 1030. The van der Waals surface area contributed by atoms with Crippen LogP contribution in [0.1, 0.15) is 31.2 Å². The number of benzene rings is 2. The fraction of sp³-hybridized carbons (Fsp3) is 0.481. The smallest absolute Gasteiger partial charge is 0.227 e. The maximum Gasteiger partial charge on any atom is 0.227 e. The number of nitrogens with zero attached hydrogens (tertiary/aromatic N) is 2. The molecule has 2 amide bonds. The number of rotatable bonds is 5. The van der Waals surface area contributed by atoms with Crippen molar-refractivity contribution in [3.63, 3.8) is 0 Å². The molecule has 2 unspecified atom stereocenters. The molecule has 0 radical (unpaired) electrons. The van der Waals surface area contributed by atoms with E-state index in [1.165, 1.54) is 19.3 Å². The Morgan fingerprint density at radius 2 is 1.84 bits per heavy atom. The highest BCUT2D eigenvalue weighted by Crippen LogP contribution is 2.65. The van der Waals surface area contributed by atoms with E-state index in [1.54, 1.807) is 12.0 Å². The summed E-state index contributed by atoms with van der Waals surface area (Å²) in [4.78, 5) is 30.1. The van der Waals surface area contributed by atoms with Gasteiger partial charge in [0.2, 0.25) is 11.8 Å². The lowest BCUT2D eigenvalue weighted by atomic mass is 9.79. The van der Waals surface area contributed by atoms with Crippen LogP contribution in [-0.2, 0) is 16.0 Å². The van der Waals surface area contributed by atoms with Gasteiger partial charge in [-0.1, -0.05) is 42.8 Å². The number of likely N-dealkylation sites (N-methyl/N-ethyl adjacent to an activating group) is 1. The molecule has 2 saturated carbocycles. The van der Waals surface area contributed by atoms with Crippen molar-refractivity contribution in [3.8, 4) is 16.9 Å². The molecule has 2 aliphatic carbocycles. The first-order chi connectivity index (χ1) is 15.5. The second-order valence-electron chi connectivity index (χ2n) is 9.85. The quantitative estimate of drug-likeness (QED) is 0.717. The Hall–Kier alpha value is -2.82. The van der Waals surface area contributed by atoms with Crippen LogP contribution in [-0.4, -0.2) is 55.4 Å². The summed E-state index contributed by atoms with van der Waals surface area (Å²) < 4.78 is 5.37. The number of hydrogen-bond donors (Lipinski definition) is 0. The SMILES string of the molecule is COc1cccc(-c2cccc(CC3CN(C(=O)C4CC45CCC5)CCN(C)C3=O)c2)c1. The summed E-state index contributed by atoms with van der Waals surface area (Å²) in [7, 11) is 3.53. The Morgan fingerprint density at radius 1 is 1.09 bits per heavy atom. The molecule has 5 nitrogen and oxygen atoms in total. The third-order valence-corrected chi connectivity index (χ3v) is 7.83. The van der Waals surface area contributed by atoms with E-state index in [0.717, 1.165) is 28.9 Å². The van der Waals surface area contributed by atoms with Crippen LogP contribution in [0.25, 0.3) is 11.1 Å². The molecule has 3 aliphatic rings. The highest BCUT2D eigenvalue weighted by molar-refractivity contribution is 5.85. The maximum absolute atomic E-state index is 13.2.